The minimum Gasteiger partial charge on any atom is -0.395 e. The van der Waals surface area contributed by atoms with Crippen LogP contribution in [-0.4, -0.2) is 29.3 Å². The molecule has 0 bridgehead atoms. The average Bonchev–Trinajstić information content (AvgIpc) is 3.19. The van der Waals surface area contributed by atoms with Crippen LogP contribution >= 0.6 is 0 Å². The van der Waals surface area contributed by atoms with Gasteiger partial charge in [0.1, 0.15) is 0 Å². The first-order valence-electron chi connectivity index (χ1n) is 6.53. The van der Waals surface area contributed by atoms with Crippen LogP contribution in [0, 0.1) is 6.92 Å². The fourth-order valence-electron chi connectivity index (χ4n) is 2.52. The minimum absolute atomic E-state index is 0.201. The van der Waals surface area contributed by atoms with Gasteiger partial charge in [-0.2, -0.15) is 0 Å². The Morgan fingerprint density at radius 2 is 2.11 bits per heavy atom. The maximum Gasteiger partial charge on any atom is 0.0726 e. The molecule has 18 heavy (non-hydrogen) atoms. The molecule has 0 spiro atoms. The smallest absolute Gasteiger partial charge is 0.0726 e. The molecule has 1 fully saturated rings. The molecule has 2 aromatic rings. The number of aryl methyl sites for hydroxylation is 1. The number of nitrogens with zero attached hydrogens (tertiary/aromatic N) is 2. The average molecular weight is 242 g/mol. The topological polar surface area (TPSA) is 36.4 Å². The Morgan fingerprint density at radius 3 is 2.83 bits per heavy atom. The van der Waals surface area contributed by atoms with Crippen molar-refractivity contribution in [3.8, 4) is 0 Å². The van der Waals surface area contributed by atoms with Gasteiger partial charge >= 0.3 is 0 Å². The van der Waals surface area contributed by atoms with Crippen molar-refractivity contribution < 1.29 is 5.11 Å². The Kier molecular flexibility index (Phi) is 2.92. The number of para-hydroxylation sites is 1. The third-order valence-corrected chi connectivity index (χ3v) is 3.46. The summed E-state index contributed by atoms with van der Waals surface area (Å²) >= 11 is 0. The second kappa shape index (κ2) is 4.58. The van der Waals surface area contributed by atoms with E-state index in [9.17, 15) is 5.11 Å². The third kappa shape index (κ3) is 2.06. The summed E-state index contributed by atoms with van der Waals surface area (Å²) < 4.78 is 0. The van der Waals surface area contributed by atoms with Gasteiger partial charge in [0.05, 0.1) is 12.1 Å². The van der Waals surface area contributed by atoms with Gasteiger partial charge in [0.15, 0.2) is 0 Å². The fourth-order valence-corrected chi connectivity index (χ4v) is 2.52. The number of aromatic nitrogens is 1. The third-order valence-electron chi connectivity index (χ3n) is 3.46. The van der Waals surface area contributed by atoms with Crippen molar-refractivity contribution in [2.24, 2.45) is 0 Å². The van der Waals surface area contributed by atoms with E-state index < -0.39 is 0 Å². The zero-order valence-electron chi connectivity index (χ0n) is 10.6. The minimum atomic E-state index is 0.201. The van der Waals surface area contributed by atoms with Crippen LogP contribution in [-0.2, 0) is 0 Å². The summed E-state index contributed by atoms with van der Waals surface area (Å²) in [5.74, 6) is 0. The molecule has 1 aliphatic rings. The summed E-state index contributed by atoms with van der Waals surface area (Å²) in [6, 6.07) is 11.0. The summed E-state index contributed by atoms with van der Waals surface area (Å²) in [7, 11) is 0. The molecule has 1 N–H and O–H groups in total. The van der Waals surface area contributed by atoms with Gasteiger partial charge in [-0.05, 0) is 31.9 Å². The van der Waals surface area contributed by atoms with Crippen molar-refractivity contribution in [1.29, 1.82) is 0 Å². The lowest BCUT2D eigenvalue weighted by atomic mass is 10.1. The van der Waals surface area contributed by atoms with Crippen LogP contribution in [0.1, 0.15) is 18.5 Å². The molecular weight excluding hydrogens is 224 g/mol. The van der Waals surface area contributed by atoms with Gasteiger partial charge in [-0.3, -0.25) is 4.98 Å². The van der Waals surface area contributed by atoms with Gasteiger partial charge in [0, 0.05) is 29.4 Å². The number of rotatable bonds is 4. The van der Waals surface area contributed by atoms with E-state index in [1.54, 1.807) is 0 Å². The SMILES string of the molecule is Cc1cc(N(CCO)C2CC2)c2ccccc2n1. The lowest BCUT2D eigenvalue weighted by Gasteiger charge is -2.25. The van der Waals surface area contributed by atoms with E-state index in [1.165, 1.54) is 23.9 Å². The molecule has 0 aliphatic heterocycles. The highest BCUT2D eigenvalue weighted by molar-refractivity contribution is 5.92. The zero-order valence-corrected chi connectivity index (χ0v) is 10.6. The Bertz CT molecular complexity index is 563. The van der Waals surface area contributed by atoms with E-state index in [1.807, 2.05) is 19.1 Å². The first kappa shape index (κ1) is 11.5. The van der Waals surface area contributed by atoms with Crippen molar-refractivity contribution in [2.75, 3.05) is 18.1 Å². The van der Waals surface area contributed by atoms with Crippen molar-refractivity contribution in [3.63, 3.8) is 0 Å². The number of aliphatic hydroxyl groups excluding tert-OH is 1. The molecule has 3 nitrogen and oxygen atoms in total. The standard InChI is InChI=1S/C15H18N2O/c1-11-10-15(17(8-9-18)12-6-7-12)13-4-2-3-5-14(13)16-11/h2-5,10,12,18H,6-9H2,1H3. The highest BCUT2D eigenvalue weighted by Gasteiger charge is 2.29. The molecule has 94 valence electrons. The Morgan fingerprint density at radius 1 is 1.33 bits per heavy atom. The molecule has 1 aromatic heterocycles. The molecule has 3 rings (SSSR count). The molecule has 0 amide bonds. The van der Waals surface area contributed by atoms with Crippen LogP contribution in [0.15, 0.2) is 30.3 Å². The molecule has 0 saturated heterocycles. The molecule has 0 atom stereocenters. The number of hydrogen-bond donors (Lipinski definition) is 1. The van der Waals surface area contributed by atoms with Gasteiger partial charge in [0.25, 0.3) is 0 Å². The molecule has 1 saturated carbocycles. The summed E-state index contributed by atoms with van der Waals surface area (Å²) in [6.07, 6.45) is 2.46. The number of pyridine rings is 1. The number of anilines is 1. The van der Waals surface area contributed by atoms with Gasteiger partial charge in [-0.15, -0.1) is 0 Å². The molecule has 1 heterocycles. The normalized spacial score (nSPS) is 15.0. The molecular formula is C15H18N2O. The molecule has 0 radical (unpaired) electrons. The molecule has 1 aliphatic carbocycles. The van der Waals surface area contributed by atoms with E-state index in [2.05, 4.69) is 28.1 Å². The number of fused-ring (bicyclic) bond motifs is 1. The number of aliphatic hydroxyl groups is 1. The van der Waals surface area contributed by atoms with E-state index in [0.29, 0.717) is 12.6 Å². The van der Waals surface area contributed by atoms with Gasteiger partial charge < -0.3 is 10.0 Å². The highest BCUT2D eigenvalue weighted by atomic mass is 16.3. The van der Waals surface area contributed by atoms with Gasteiger partial charge in [-0.25, -0.2) is 0 Å². The van der Waals surface area contributed by atoms with E-state index >= 15 is 0 Å². The first-order valence-corrected chi connectivity index (χ1v) is 6.53. The monoisotopic (exact) mass is 242 g/mol. The lowest BCUT2D eigenvalue weighted by Crippen LogP contribution is -2.29. The van der Waals surface area contributed by atoms with Gasteiger partial charge in [-0.1, -0.05) is 18.2 Å². The summed E-state index contributed by atoms with van der Waals surface area (Å²) in [5, 5.41) is 10.4. The number of benzene rings is 1. The van der Waals surface area contributed by atoms with Crippen molar-refractivity contribution >= 4 is 16.6 Å². The van der Waals surface area contributed by atoms with Crippen molar-refractivity contribution in [2.45, 2.75) is 25.8 Å². The van der Waals surface area contributed by atoms with Crippen LogP contribution in [0.5, 0.6) is 0 Å². The Hall–Kier alpha value is -1.61. The molecule has 1 aromatic carbocycles. The molecule has 3 heteroatoms. The van der Waals surface area contributed by atoms with Crippen molar-refractivity contribution in [1.82, 2.24) is 4.98 Å². The van der Waals surface area contributed by atoms with E-state index in [-0.39, 0.29) is 6.61 Å². The zero-order chi connectivity index (χ0) is 12.5. The summed E-state index contributed by atoms with van der Waals surface area (Å²) in [6.45, 7) is 2.93. The first-order chi connectivity index (χ1) is 8.79. The van der Waals surface area contributed by atoms with Crippen LogP contribution in [0.25, 0.3) is 10.9 Å². The lowest BCUT2D eigenvalue weighted by molar-refractivity contribution is 0.301. The van der Waals surface area contributed by atoms with Crippen LogP contribution in [0.2, 0.25) is 0 Å². The second-order valence-corrected chi connectivity index (χ2v) is 4.95. The van der Waals surface area contributed by atoms with Crippen LogP contribution < -0.4 is 4.90 Å². The van der Waals surface area contributed by atoms with E-state index in [4.69, 9.17) is 0 Å². The Balaban J connectivity index is 2.13. The summed E-state index contributed by atoms with van der Waals surface area (Å²) in [4.78, 5) is 6.90. The maximum absolute atomic E-state index is 9.26. The van der Waals surface area contributed by atoms with E-state index in [0.717, 1.165) is 11.2 Å². The fraction of sp³-hybridized carbons (Fsp3) is 0.400. The predicted octanol–water partition coefficient (Wildman–Crippen LogP) is 2.50. The van der Waals surface area contributed by atoms with Gasteiger partial charge in [0.2, 0.25) is 0 Å². The van der Waals surface area contributed by atoms with Crippen LogP contribution in [0.3, 0.4) is 0 Å². The maximum atomic E-state index is 9.26. The quantitative estimate of drug-likeness (QED) is 0.895. The highest BCUT2D eigenvalue weighted by Crippen LogP contribution is 2.35. The largest absolute Gasteiger partial charge is 0.395 e. The van der Waals surface area contributed by atoms with Crippen LogP contribution in [0.4, 0.5) is 5.69 Å². The number of hydrogen-bond acceptors (Lipinski definition) is 3. The Labute approximate surface area is 107 Å². The second-order valence-electron chi connectivity index (χ2n) is 4.95. The summed E-state index contributed by atoms with van der Waals surface area (Å²) in [5.41, 5.74) is 3.29. The molecule has 0 unspecified atom stereocenters. The van der Waals surface area contributed by atoms with Crippen molar-refractivity contribution in [3.05, 3.63) is 36.0 Å². The predicted molar refractivity (Wildman–Crippen MR) is 73.9 cm³/mol.